The summed E-state index contributed by atoms with van der Waals surface area (Å²) in [5.74, 6) is 0.591. The maximum atomic E-state index is 11.0. The second-order valence-corrected chi connectivity index (χ2v) is 4.80. The molecule has 0 unspecified atom stereocenters. The van der Waals surface area contributed by atoms with Gasteiger partial charge in [-0.3, -0.25) is 4.79 Å². The summed E-state index contributed by atoms with van der Waals surface area (Å²) in [5, 5.41) is 0. The van der Waals surface area contributed by atoms with Crippen LogP contribution in [0.3, 0.4) is 0 Å². The summed E-state index contributed by atoms with van der Waals surface area (Å²) in [7, 11) is 1.65. The third-order valence-electron chi connectivity index (χ3n) is 3.00. The third-order valence-corrected chi connectivity index (χ3v) is 3.00. The average molecular weight is 292 g/mol. The predicted octanol–water partition coefficient (Wildman–Crippen LogP) is 3.50. The van der Waals surface area contributed by atoms with Crippen molar-refractivity contribution in [1.29, 1.82) is 0 Å². The Bertz CT molecular complexity index is 425. The smallest absolute Gasteiger partial charge is 0.302 e. The van der Waals surface area contributed by atoms with Crippen molar-refractivity contribution in [3.05, 3.63) is 42.5 Å². The van der Waals surface area contributed by atoms with Crippen LogP contribution in [-0.2, 0) is 20.9 Å². The molecule has 4 nitrogen and oxygen atoms in total. The van der Waals surface area contributed by atoms with Crippen LogP contribution in [-0.4, -0.2) is 25.8 Å². The van der Waals surface area contributed by atoms with Crippen molar-refractivity contribution in [3.8, 4) is 5.75 Å². The first-order chi connectivity index (χ1) is 10.2. The molecule has 0 bridgehead atoms. The van der Waals surface area contributed by atoms with Gasteiger partial charge in [-0.2, -0.15) is 0 Å². The average Bonchev–Trinajstić information content (AvgIpc) is 2.47. The van der Waals surface area contributed by atoms with Crippen molar-refractivity contribution in [2.45, 2.75) is 38.9 Å². The van der Waals surface area contributed by atoms with E-state index in [1.807, 2.05) is 24.3 Å². The van der Waals surface area contributed by atoms with Crippen molar-refractivity contribution in [1.82, 2.24) is 0 Å². The van der Waals surface area contributed by atoms with Crippen LogP contribution in [0.2, 0.25) is 0 Å². The number of rotatable bonds is 10. The van der Waals surface area contributed by atoms with E-state index in [1.165, 1.54) is 6.92 Å². The minimum absolute atomic E-state index is 0.0930. The highest BCUT2D eigenvalue weighted by molar-refractivity contribution is 5.66. The zero-order chi connectivity index (χ0) is 15.5. The van der Waals surface area contributed by atoms with Crippen LogP contribution in [0.1, 0.15) is 31.7 Å². The molecule has 0 radical (unpaired) electrons. The zero-order valence-corrected chi connectivity index (χ0v) is 12.8. The monoisotopic (exact) mass is 292 g/mol. The molecule has 0 aromatic heterocycles. The van der Waals surface area contributed by atoms with Gasteiger partial charge in [0.05, 0.1) is 13.7 Å². The van der Waals surface area contributed by atoms with Gasteiger partial charge in [0.15, 0.2) is 0 Å². The molecule has 1 aromatic carbocycles. The van der Waals surface area contributed by atoms with Crippen LogP contribution in [0.4, 0.5) is 0 Å². The molecule has 1 rings (SSSR count). The van der Waals surface area contributed by atoms with E-state index in [-0.39, 0.29) is 12.1 Å². The third kappa shape index (κ3) is 7.51. The number of ether oxygens (including phenoxy) is 3. The van der Waals surface area contributed by atoms with Crippen molar-refractivity contribution in [2.24, 2.45) is 0 Å². The number of benzene rings is 1. The van der Waals surface area contributed by atoms with Crippen LogP contribution in [0.5, 0.6) is 5.75 Å². The van der Waals surface area contributed by atoms with Gasteiger partial charge < -0.3 is 14.2 Å². The first kappa shape index (κ1) is 17.2. The number of hydrogen-bond acceptors (Lipinski definition) is 4. The Morgan fingerprint density at radius 3 is 2.62 bits per heavy atom. The topological polar surface area (TPSA) is 44.8 Å². The summed E-state index contributed by atoms with van der Waals surface area (Å²) in [4.78, 5) is 11.0. The highest BCUT2D eigenvalue weighted by Crippen LogP contribution is 2.13. The fourth-order valence-electron chi connectivity index (χ4n) is 1.97. The fraction of sp³-hybridized carbons (Fsp3) is 0.471. The molecule has 0 spiro atoms. The summed E-state index contributed by atoms with van der Waals surface area (Å²) in [6.07, 6.45) is 3.99. The summed E-state index contributed by atoms with van der Waals surface area (Å²) in [6.45, 7) is 6.31. The van der Waals surface area contributed by atoms with E-state index in [0.717, 1.165) is 24.2 Å². The number of hydrogen-bond donors (Lipinski definition) is 0. The molecule has 1 aromatic rings. The minimum Gasteiger partial charge on any atom is -0.497 e. The van der Waals surface area contributed by atoms with E-state index in [1.54, 1.807) is 13.2 Å². The molecule has 4 heteroatoms. The molecular weight excluding hydrogens is 268 g/mol. The number of carbonyl (C=O) groups excluding carboxylic acids is 1. The van der Waals surface area contributed by atoms with Crippen LogP contribution < -0.4 is 4.74 Å². The Morgan fingerprint density at radius 1 is 1.33 bits per heavy atom. The highest BCUT2D eigenvalue weighted by atomic mass is 16.5. The summed E-state index contributed by atoms with van der Waals surface area (Å²) in [5.41, 5.74) is 1.11. The fourth-order valence-corrected chi connectivity index (χ4v) is 1.97. The zero-order valence-electron chi connectivity index (χ0n) is 12.8. The van der Waals surface area contributed by atoms with E-state index in [0.29, 0.717) is 19.6 Å². The largest absolute Gasteiger partial charge is 0.497 e. The van der Waals surface area contributed by atoms with Gasteiger partial charge in [0.1, 0.15) is 11.9 Å². The molecule has 0 N–H and O–H groups in total. The molecule has 21 heavy (non-hydrogen) atoms. The van der Waals surface area contributed by atoms with Crippen molar-refractivity contribution in [3.63, 3.8) is 0 Å². The SMILES string of the molecule is C=CC[C@H](CCCOCc1ccc(OC)cc1)OC(C)=O. The van der Waals surface area contributed by atoms with E-state index >= 15 is 0 Å². The van der Waals surface area contributed by atoms with Crippen LogP contribution >= 0.6 is 0 Å². The lowest BCUT2D eigenvalue weighted by Crippen LogP contribution is -2.16. The maximum Gasteiger partial charge on any atom is 0.302 e. The standard InChI is InChI=1S/C17H24O4/c1-4-6-17(21-14(2)18)7-5-12-20-13-15-8-10-16(19-3)11-9-15/h4,8-11,17H,1,5-7,12-13H2,2-3H3/t17-/m1/s1. The van der Waals surface area contributed by atoms with E-state index < -0.39 is 0 Å². The molecule has 0 fully saturated rings. The second-order valence-electron chi connectivity index (χ2n) is 4.80. The van der Waals surface area contributed by atoms with Crippen molar-refractivity contribution < 1.29 is 19.0 Å². The minimum atomic E-state index is -0.249. The normalized spacial score (nSPS) is 11.7. The van der Waals surface area contributed by atoms with Gasteiger partial charge in [-0.15, -0.1) is 6.58 Å². The summed E-state index contributed by atoms with van der Waals surface area (Å²) >= 11 is 0. The molecule has 0 saturated carbocycles. The predicted molar refractivity (Wildman–Crippen MR) is 82.3 cm³/mol. The van der Waals surface area contributed by atoms with E-state index in [4.69, 9.17) is 14.2 Å². The molecule has 0 amide bonds. The second kappa shape index (κ2) is 10.00. The lowest BCUT2D eigenvalue weighted by molar-refractivity contribution is -0.146. The Kier molecular flexibility index (Phi) is 8.21. The van der Waals surface area contributed by atoms with Crippen molar-refractivity contribution >= 4 is 5.97 Å². The molecule has 116 valence electrons. The van der Waals surface area contributed by atoms with Gasteiger partial charge in [-0.25, -0.2) is 0 Å². The van der Waals surface area contributed by atoms with Crippen LogP contribution in [0.25, 0.3) is 0 Å². The lowest BCUT2D eigenvalue weighted by atomic mass is 10.1. The first-order valence-electron chi connectivity index (χ1n) is 7.14. The Morgan fingerprint density at radius 2 is 2.05 bits per heavy atom. The molecule has 1 atom stereocenters. The number of carbonyl (C=O) groups is 1. The van der Waals surface area contributed by atoms with Crippen LogP contribution in [0, 0.1) is 0 Å². The maximum absolute atomic E-state index is 11.0. The number of methoxy groups -OCH3 is 1. The quantitative estimate of drug-likeness (QED) is 0.376. The summed E-state index contributed by atoms with van der Waals surface area (Å²) in [6, 6.07) is 7.80. The van der Waals surface area contributed by atoms with Crippen molar-refractivity contribution in [2.75, 3.05) is 13.7 Å². The lowest BCUT2D eigenvalue weighted by Gasteiger charge is -2.15. The number of esters is 1. The van der Waals surface area contributed by atoms with Gasteiger partial charge in [0, 0.05) is 20.0 Å². The molecule has 0 aliphatic heterocycles. The summed E-state index contributed by atoms with van der Waals surface area (Å²) < 4.78 is 15.9. The van der Waals surface area contributed by atoms with Gasteiger partial charge in [0.25, 0.3) is 0 Å². The van der Waals surface area contributed by atoms with Gasteiger partial charge in [-0.05, 0) is 30.5 Å². The molecule has 0 aliphatic rings. The molecule has 0 heterocycles. The van der Waals surface area contributed by atoms with E-state index in [9.17, 15) is 4.79 Å². The molecule has 0 aliphatic carbocycles. The van der Waals surface area contributed by atoms with Gasteiger partial charge in [0.2, 0.25) is 0 Å². The molecule has 0 saturated heterocycles. The Balaban J connectivity index is 2.20. The van der Waals surface area contributed by atoms with Crippen LogP contribution in [0.15, 0.2) is 36.9 Å². The van der Waals surface area contributed by atoms with Gasteiger partial charge in [-0.1, -0.05) is 18.2 Å². The van der Waals surface area contributed by atoms with Gasteiger partial charge >= 0.3 is 5.97 Å². The first-order valence-corrected chi connectivity index (χ1v) is 7.14. The Labute approximate surface area is 126 Å². The Hall–Kier alpha value is -1.81. The van der Waals surface area contributed by atoms with E-state index in [2.05, 4.69) is 6.58 Å². The highest BCUT2D eigenvalue weighted by Gasteiger charge is 2.09. The molecular formula is C17H24O4.